The smallest absolute Gasteiger partial charge is 0.119 e. The Kier molecular flexibility index (Phi) is 3.41. The minimum atomic E-state index is 0.00972. The Hall–Kier alpha value is -0.670. The van der Waals surface area contributed by atoms with Crippen LogP contribution in [-0.2, 0) is 11.8 Å². The lowest BCUT2D eigenvalue weighted by Gasteiger charge is -2.43. The largest absolute Gasteiger partial charge is 0.497 e. The number of methoxy groups -OCH3 is 1. The van der Waals surface area contributed by atoms with E-state index in [2.05, 4.69) is 32.2 Å². The molecule has 94 valence electrons. The molecule has 0 aromatic heterocycles. The van der Waals surface area contributed by atoms with Gasteiger partial charge >= 0.3 is 0 Å². The Morgan fingerprint density at radius 2 is 2.12 bits per heavy atom. The molecule has 2 N–H and O–H groups in total. The van der Waals surface area contributed by atoms with Crippen molar-refractivity contribution < 1.29 is 4.74 Å². The van der Waals surface area contributed by atoms with Crippen LogP contribution in [0.4, 0.5) is 0 Å². The maximum atomic E-state index is 6.41. The molecule has 1 aliphatic carbocycles. The van der Waals surface area contributed by atoms with Crippen LogP contribution >= 0.6 is 11.8 Å². The van der Waals surface area contributed by atoms with Crippen molar-refractivity contribution in [2.24, 2.45) is 5.73 Å². The van der Waals surface area contributed by atoms with Gasteiger partial charge in [0.15, 0.2) is 0 Å². The van der Waals surface area contributed by atoms with Gasteiger partial charge in [-0.2, -0.15) is 11.8 Å². The molecule has 0 saturated carbocycles. The van der Waals surface area contributed by atoms with Crippen molar-refractivity contribution in [2.45, 2.75) is 37.0 Å². The van der Waals surface area contributed by atoms with E-state index in [1.165, 1.54) is 11.1 Å². The second-order valence-corrected chi connectivity index (χ2v) is 6.33. The summed E-state index contributed by atoms with van der Waals surface area (Å²) in [6.45, 7) is 4.47. The van der Waals surface area contributed by atoms with Gasteiger partial charge in [0.05, 0.1) is 7.11 Å². The Bertz CT molecular complexity index is 417. The number of nitrogens with two attached hydrogens (primary N) is 1. The monoisotopic (exact) mass is 251 g/mol. The molecule has 3 heteroatoms. The van der Waals surface area contributed by atoms with Crippen molar-refractivity contribution in [3.8, 4) is 5.75 Å². The summed E-state index contributed by atoms with van der Waals surface area (Å²) in [6, 6.07) is 6.57. The van der Waals surface area contributed by atoms with Crippen molar-refractivity contribution in [3.63, 3.8) is 0 Å². The molecule has 1 aliphatic rings. The first kappa shape index (κ1) is 12.8. The van der Waals surface area contributed by atoms with Gasteiger partial charge in [-0.1, -0.05) is 19.9 Å². The molecule has 2 rings (SSSR count). The van der Waals surface area contributed by atoms with E-state index in [0.29, 0.717) is 5.25 Å². The van der Waals surface area contributed by atoms with E-state index in [0.717, 1.165) is 12.2 Å². The molecular formula is C14H21NOS. The topological polar surface area (TPSA) is 35.2 Å². The summed E-state index contributed by atoms with van der Waals surface area (Å²) in [5, 5.41) is 0.505. The van der Waals surface area contributed by atoms with E-state index in [1.807, 2.05) is 17.8 Å². The normalized spacial score (nSPS) is 26.4. The Morgan fingerprint density at radius 3 is 2.71 bits per heavy atom. The zero-order valence-electron chi connectivity index (χ0n) is 11.0. The first-order chi connectivity index (χ1) is 8.00. The lowest BCUT2D eigenvalue weighted by atomic mass is 9.69. The van der Waals surface area contributed by atoms with E-state index >= 15 is 0 Å². The molecule has 0 unspecified atom stereocenters. The third kappa shape index (κ3) is 2.06. The van der Waals surface area contributed by atoms with E-state index < -0.39 is 0 Å². The number of fused-ring (bicyclic) bond motifs is 1. The molecule has 1 aromatic rings. The van der Waals surface area contributed by atoms with Crippen LogP contribution in [-0.4, -0.2) is 24.7 Å². The Morgan fingerprint density at radius 1 is 1.41 bits per heavy atom. The second kappa shape index (κ2) is 4.54. The summed E-state index contributed by atoms with van der Waals surface area (Å²) >= 11 is 1.87. The third-order valence-electron chi connectivity index (χ3n) is 3.97. The summed E-state index contributed by atoms with van der Waals surface area (Å²) in [5.41, 5.74) is 9.18. The number of ether oxygens (including phenoxy) is 1. The van der Waals surface area contributed by atoms with Crippen LogP contribution in [0.25, 0.3) is 0 Å². The zero-order chi connectivity index (χ0) is 12.6. The molecule has 0 spiro atoms. The number of hydrogen-bond acceptors (Lipinski definition) is 3. The van der Waals surface area contributed by atoms with Crippen molar-refractivity contribution in [3.05, 3.63) is 29.3 Å². The van der Waals surface area contributed by atoms with Crippen LogP contribution < -0.4 is 10.5 Å². The van der Waals surface area contributed by atoms with Crippen LogP contribution in [0.3, 0.4) is 0 Å². The highest BCUT2D eigenvalue weighted by atomic mass is 32.2. The molecule has 0 radical (unpaired) electrons. The zero-order valence-corrected chi connectivity index (χ0v) is 11.8. The SMILES string of the molecule is COc1ccc2c(c1)C(C)(C)[C@H](N)[C@H](SC)C2. The molecule has 0 fully saturated rings. The van der Waals surface area contributed by atoms with Crippen molar-refractivity contribution in [1.29, 1.82) is 0 Å². The summed E-state index contributed by atoms with van der Waals surface area (Å²) in [7, 11) is 1.71. The molecule has 0 amide bonds. The lowest BCUT2D eigenvalue weighted by Crippen LogP contribution is -2.52. The Balaban J connectivity index is 2.49. The fraction of sp³-hybridized carbons (Fsp3) is 0.571. The molecule has 0 aliphatic heterocycles. The molecule has 17 heavy (non-hydrogen) atoms. The fourth-order valence-corrected chi connectivity index (χ4v) is 3.66. The average molecular weight is 251 g/mol. The predicted octanol–water partition coefficient (Wildman–Crippen LogP) is 2.59. The number of thioether (sulfide) groups is 1. The number of hydrogen-bond donors (Lipinski definition) is 1. The molecule has 2 nitrogen and oxygen atoms in total. The first-order valence-electron chi connectivity index (χ1n) is 5.96. The summed E-state index contributed by atoms with van der Waals surface area (Å²) in [4.78, 5) is 0. The molecular weight excluding hydrogens is 230 g/mol. The van der Waals surface area contributed by atoms with Crippen molar-refractivity contribution in [2.75, 3.05) is 13.4 Å². The van der Waals surface area contributed by atoms with Gasteiger partial charge in [0.1, 0.15) is 5.75 Å². The van der Waals surface area contributed by atoms with Gasteiger partial charge < -0.3 is 10.5 Å². The van der Waals surface area contributed by atoms with Gasteiger partial charge in [-0.15, -0.1) is 0 Å². The van der Waals surface area contributed by atoms with Crippen LogP contribution in [0.1, 0.15) is 25.0 Å². The van der Waals surface area contributed by atoms with Crippen molar-refractivity contribution >= 4 is 11.8 Å². The minimum Gasteiger partial charge on any atom is -0.497 e. The van der Waals surface area contributed by atoms with E-state index in [9.17, 15) is 0 Å². The summed E-state index contributed by atoms with van der Waals surface area (Å²) in [5.74, 6) is 0.923. The van der Waals surface area contributed by atoms with Crippen LogP contribution in [0, 0.1) is 0 Å². The van der Waals surface area contributed by atoms with Crippen molar-refractivity contribution in [1.82, 2.24) is 0 Å². The minimum absolute atomic E-state index is 0.00972. The predicted molar refractivity (Wildman–Crippen MR) is 75.0 cm³/mol. The second-order valence-electron chi connectivity index (χ2n) is 5.25. The maximum absolute atomic E-state index is 6.41. The van der Waals surface area contributed by atoms with Gasteiger partial charge in [-0.05, 0) is 35.9 Å². The number of rotatable bonds is 2. The summed E-state index contributed by atoms with van der Waals surface area (Å²) < 4.78 is 5.32. The van der Waals surface area contributed by atoms with E-state index in [1.54, 1.807) is 7.11 Å². The Labute approximate surface area is 108 Å². The summed E-state index contributed by atoms with van der Waals surface area (Å²) in [6.07, 6.45) is 3.21. The van der Waals surface area contributed by atoms with E-state index in [4.69, 9.17) is 10.5 Å². The standard InChI is InChI=1S/C14H21NOS/c1-14(2)11-8-10(16-3)6-5-9(11)7-12(17-4)13(14)15/h5-6,8,12-13H,7,15H2,1-4H3/t12-,13-/m1/s1. The van der Waals surface area contributed by atoms with Crippen LogP contribution in [0.2, 0.25) is 0 Å². The van der Waals surface area contributed by atoms with Gasteiger partial charge in [0.2, 0.25) is 0 Å². The molecule has 2 atom stereocenters. The number of benzene rings is 1. The van der Waals surface area contributed by atoms with Crippen LogP contribution in [0.5, 0.6) is 5.75 Å². The van der Waals surface area contributed by atoms with Gasteiger partial charge in [-0.25, -0.2) is 0 Å². The lowest BCUT2D eigenvalue weighted by molar-refractivity contribution is 0.366. The average Bonchev–Trinajstić information content (AvgIpc) is 2.33. The van der Waals surface area contributed by atoms with Gasteiger partial charge in [0, 0.05) is 16.7 Å². The van der Waals surface area contributed by atoms with E-state index in [-0.39, 0.29) is 11.5 Å². The maximum Gasteiger partial charge on any atom is 0.119 e. The van der Waals surface area contributed by atoms with Crippen LogP contribution in [0.15, 0.2) is 18.2 Å². The molecule has 0 heterocycles. The first-order valence-corrected chi connectivity index (χ1v) is 7.25. The quantitative estimate of drug-likeness (QED) is 0.877. The molecule has 1 aromatic carbocycles. The molecule has 0 bridgehead atoms. The van der Waals surface area contributed by atoms with Gasteiger partial charge in [0.25, 0.3) is 0 Å². The highest BCUT2D eigenvalue weighted by Crippen LogP contribution is 2.40. The highest BCUT2D eigenvalue weighted by molar-refractivity contribution is 7.99. The van der Waals surface area contributed by atoms with Gasteiger partial charge in [-0.3, -0.25) is 0 Å². The highest BCUT2D eigenvalue weighted by Gasteiger charge is 2.40. The third-order valence-corrected chi connectivity index (χ3v) is 5.03. The molecule has 0 saturated heterocycles. The fourth-order valence-electron chi connectivity index (χ4n) is 2.68.